The van der Waals surface area contributed by atoms with Gasteiger partial charge in [0.15, 0.2) is 0 Å². The Bertz CT molecular complexity index is 1130. The molecule has 1 heterocycles. The SMILES string of the molecule is C=C=C=C=CC(CCCCC)CCOC(=O)CCCCCCCCCC(CCCCCCCCCC(=O)OCCC(C)CCCCC)OC(=O)CCCN1CCCC1. The monoisotopic (exact) mass is 812 g/mol. The molecule has 334 valence electrons. The molecule has 0 aromatic rings. The number of allylic oxidation sites excluding steroid dienone is 1. The van der Waals surface area contributed by atoms with Gasteiger partial charge < -0.3 is 19.1 Å². The lowest BCUT2D eigenvalue weighted by Crippen LogP contribution is -2.23. The van der Waals surface area contributed by atoms with Crippen LogP contribution in [0.25, 0.3) is 0 Å². The molecule has 0 aromatic carbocycles. The fraction of sp³-hybridized carbons (Fsp3) is 0.843. The maximum absolute atomic E-state index is 12.8. The third-order valence-corrected chi connectivity index (χ3v) is 11.7. The van der Waals surface area contributed by atoms with Gasteiger partial charge in [-0.1, -0.05) is 141 Å². The van der Waals surface area contributed by atoms with Crippen molar-refractivity contribution in [2.45, 2.75) is 232 Å². The number of carbonyl (C=O) groups excluding carboxylic acids is 3. The van der Waals surface area contributed by atoms with Gasteiger partial charge in [-0.05, 0) is 127 Å². The summed E-state index contributed by atoms with van der Waals surface area (Å²) in [5.41, 5.74) is 8.38. The molecule has 58 heavy (non-hydrogen) atoms. The number of rotatable bonds is 40. The summed E-state index contributed by atoms with van der Waals surface area (Å²) in [7, 11) is 0. The van der Waals surface area contributed by atoms with Crippen LogP contribution in [-0.4, -0.2) is 61.8 Å². The van der Waals surface area contributed by atoms with Crippen LogP contribution < -0.4 is 0 Å². The van der Waals surface area contributed by atoms with Gasteiger partial charge in [0.2, 0.25) is 0 Å². The molecule has 1 aliphatic rings. The minimum Gasteiger partial charge on any atom is -0.466 e. The lowest BCUT2D eigenvalue weighted by Gasteiger charge is -2.19. The van der Waals surface area contributed by atoms with Crippen LogP contribution in [0.5, 0.6) is 0 Å². The highest BCUT2D eigenvalue weighted by atomic mass is 16.5. The van der Waals surface area contributed by atoms with Gasteiger partial charge in [0.25, 0.3) is 0 Å². The molecule has 7 nitrogen and oxygen atoms in total. The Kier molecular flexibility index (Phi) is 36.8. The summed E-state index contributed by atoms with van der Waals surface area (Å²) >= 11 is 0. The van der Waals surface area contributed by atoms with E-state index < -0.39 is 0 Å². The molecule has 0 amide bonds. The zero-order valence-electron chi connectivity index (χ0n) is 38.1. The average Bonchev–Trinajstić information content (AvgIpc) is 3.73. The van der Waals surface area contributed by atoms with Crippen LogP contribution in [0.15, 0.2) is 29.8 Å². The summed E-state index contributed by atoms with van der Waals surface area (Å²) in [5.74, 6) is 0.825. The predicted octanol–water partition coefficient (Wildman–Crippen LogP) is 13.7. The summed E-state index contributed by atoms with van der Waals surface area (Å²) in [6, 6.07) is 0. The zero-order valence-corrected chi connectivity index (χ0v) is 38.1. The second-order valence-corrected chi connectivity index (χ2v) is 17.3. The molecule has 0 aliphatic carbocycles. The smallest absolute Gasteiger partial charge is 0.306 e. The van der Waals surface area contributed by atoms with Crippen LogP contribution in [0.4, 0.5) is 0 Å². The van der Waals surface area contributed by atoms with Gasteiger partial charge in [0.05, 0.1) is 13.2 Å². The van der Waals surface area contributed by atoms with Gasteiger partial charge >= 0.3 is 17.9 Å². The first-order chi connectivity index (χ1) is 28.4. The van der Waals surface area contributed by atoms with Gasteiger partial charge in [0, 0.05) is 19.3 Å². The molecule has 0 N–H and O–H groups in total. The molecule has 7 heteroatoms. The standard InChI is InChI=1S/C51H89NO6/c1-5-8-21-31-46(4)39-44-56-49(53)36-26-19-15-11-13-17-24-34-48(58-51(55)38-30-43-52-41-28-29-42-52)35-25-18-14-12-16-20-27-37-50(54)57-45-40-47(32-22-9-6-2)33-23-10-7-3/h32,46-48H,2,5,7-8,10-21,23-31,33-45H2,1,3-4H3. The largest absolute Gasteiger partial charge is 0.466 e. The minimum atomic E-state index is -0.0861. The summed E-state index contributed by atoms with van der Waals surface area (Å²) in [5, 5.41) is 0. The van der Waals surface area contributed by atoms with Gasteiger partial charge in [0.1, 0.15) is 6.10 Å². The lowest BCUT2D eigenvalue weighted by molar-refractivity contribution is -0.150. The van der Waals surface area contributed by atoms with Crippen molar-refractivity contribution in [2.75, 3.05) is 32.8 Å². The van der Waals surface area contributed by atoms with Crippen LogP contribution in [-0.2, 0) is 28.6 Å². The number of nitrogens with zero attached hydrogens (tertiary/aromatic N) is 1. The normalized spacial score (nSPS) is 14.2. The van der Waals surface area contributed by atoms with Gasteiger partial charge in [-0.2, -0.15) is 0 Å². The Balaban J connectivity index is 2.22. The highest BCUT2D eigenvalue weighted by molar-refractivity contribution is 5.70. The Morgan fingerprint density at radius 1 is 0.586 bits per heavy atom. The summed E-state index contributed by atoms with van der Waals surface area (Å²) < 4.78 is 17.1. The topological polar surface area (TPSA) is 82.1 Å². The number of unbranched alkanes of at least 4 members (excludes halogenated alkanes) is 16. The van der Waals surface area contributed by atoms with Crippen LogP contribution in [0.2, 0.25) is 0 Å². The van der Waals surface area contributed by atoms with Gasteiger partial charge in [-0.25, -0.2) is 0 Å². The maximum atomic E-state index is 12.8. The minimum absolute atomic E-state index is 0.0236. The molecule has 1 aliphatic heterocycles. The number of hydrogen-bond acceptors (Lipinski definition) is 7. The van der Waals surface area contributed by atoms with E-state index in [1.54, 1.807) is 0 Å². The van der Waals surface area contributed by atoms with Crippen LogP contribution in [0.3, 0.4) is 0 Å². The highest BCUT2D eigenvalue weighted by Crippen LogP contribution is 2.20. The van der Waals surface area contributed by atoms with Crippen LogP contribution in [0, 0.1) is 11.8 Å². The first-order valence-electron chi connectivity index (χ1n) is 24.5. The predicted molar refractivity (Wildman–Crippen MR) is 241 cm³/mol. The van der Waals surface area contributed by atoms with E-state index in [9.17, 15) is 14.4 Å². The van der Waals surface area contributed by atoms with Crippen molar-refractivity contribution in [3.63, 3.8) is 0 Å². The second kappa shape index (κ2) is 39.9. The molecule has 3 atom stereocenters. The molecule has 1 saturated heterocycles. The number of esters is 3. The first-order valence-corrected chi connectivity index (χ1v) is 24.5. The Morgan fingerprint density at radius 3 is 1.62 bits per heavy atom. The van der Waals surface area contributed by atoms with Crippen molar-refractivity contribution in [1.82, 2.24) is 4.90 Å². The summed E-state index contributed by atoms with van der Waals surface area (Å²) in [6.07, 6.45) is 35.9. The van der Waals surface area contributed by atoms with Crippen LogP contribution in [0.1, 0.15) is 226 Å². The quantitative estimate of drug-likeness (QED) is 0.0264. The van der Waals surface area contributed by atoms with Crippen molar-refractivity contribution in [2.24, 2.45) is 11.8 Å². The van der Waals surface area contributed by atoms with E-state index in [2.05, 4.69) is 49.4 Å². The van der Waals surface area contributed by atoms with Crippen molar-refractivity contribution in [1.29, 1.82) is 0 Å². The van der Waals surface area contributed by atoms with Crippen molar-refractivity contribution < 1.29 is 28.6 Å². The Labute approximate surface area is 357 Å². The molecular weight excluding hydrogens is 723 g/mol. The maximum Gasteiger partial charge on any atom is 0.306 e. The molecular formula is C51H89NO6. The Morgan fingerprint density at radius 2 is 1.07 bits per heavy atom. The van der Waals surface area contributed by atoms with E-state index in [1.165, 1.54) is 96.6 Å². The van der Waals surface area contributed by atoms with E-state index in [-0.39, 0.29) is 24.0 Å². The number of carbonyl (C=O) groups is 3. The van der Waals surface area contributed by atoms with E-state index in [0.29, 0.717) is 44.3 Å². The molecule has 0 spiro atoms. The lowest BCUT2D eigenvalue weighted by atomic mass is 9.98. The molecule has 0 saturated carbocycles. The zero-order chi connectivity index (χ0) is 42.2. The van der Waals surface area contributed by atoms with Gasteiger partial charge in [-0.3, -0.25) is 14.4 Å². The molecule has 0 bridgehead atoms. The first kappa shape index (κ1) is 53.5. The van der Waals surface area contributed by atoms with E-state index in [1.807, 2.05) is 6.08 Å². The van der Waals surface area contributed by atoms with Crippen LogP contribution >= 0.6 is 0 Å². The molecule has 1 rings (SSSR count). The Hall–Kier alpha value is -2.55. The fourth-order valence-corrected chi connectivity index (χ4v) is 7.92. The third-order valence-electron chi connectivity index (χ3n) is 11.7. The summed E-state index contributed by atoms with van der Waals surface area (Å²) in [6.45, 7) is 14.6. The van der Waals surface area contributed by atoms with Crippen molar-refractivity contribution in [3.05, 3.63) is 29.8 Å². The fourth-order valence-electron chi connectivity index (χ4n) is 7.92. The third kappa shape index (κ3) is 34.3. The number of likely N-dealkylation sites (tertiary alicyclic amines) is 1. The van der Waals surface area contributed by atoms with E-state index in [0.717, 1.165) is 109 Å². The van der Waals surface area contributed by atoms with E-state index in [4.69, 9.17) is 14.2 Å². The number of hydrogen-bond donors (Lipinski definition) is 0. The average molecular weight is 812 g/mol. The van der Waals surface area contributed by atoms with Crippen molar-refractivity contribution in [3.8, 4) is 0 Å². The molecule has 3 unspecified atom stereocenters. The second-order valence-electron chi connectivity index (χ2n) is 17.3. The summed E-state index contributed by atoms with van der Waals surface area (Å²) in [4.78, 5) is 39.7. The highest BCUT2D eigenvalue weighted by Gasteiger charge is 2.16. The molecule has 1 fully saturated rings. The van der Waals surface area contributed by atoms with Gasteiger partial charge in [-0.15, -0.1) is 0 Å². The molecule has 0 radical (unpaired) electrons. The van der Waals surface area contributed by atoms with E-state index >= 15 is 0 Å². The molecule has 0 aromatic heterocycles. The van der Waals surface area contributed by atoms with Crippen molar-refractivity contribution >= 4 is 17.9 Å². The number of ether oxygens (including phenoxy) is 3.